The second kappa shape index (κ2) is 9.84. The fourth-order valence-corrected chi connectivity index (χ4v) is 2.29. The predicted octanol–water partition coefficient (Wildman–Crippen LogP) is 5.80. The number of hydrogen-bond donors (Lipinski definition) is 0. The summed E-state index contributed by atoms with van der Waals surface area (Å²) in [5, 5.41) is 0. The van der Waals surface area contributed by atoms with Gasteiger partial charge in [-0.15, -0.1) is 0 Å². The van der Waals surface area contributed by atoms with Crippen LogP contribution in [0.25, 0.3) is 17.0 Å². The number of pyridine rings is 2. The van der Waals surface area contributed by atoms with Gasteiger partial charge in [0.1, 0.15) is 0 Å². The van der Waals surface area contributed by atoms with E-state index < -0.39 is 0 Å². The molecule has 0 fully saturated rings. The Morgan fingerprint density at radius 2 is 1.96 bits per heavy atom. The summed E-state index contributed by atoms with van der Waals surface area (Å²) in [6, 6.07) is 9.83. The molecule has 3 heteroatoms. The summed E-state index contributed by atoms with van der Waals surface area (Å²) in [6.45, 7) is 11.5. The number of nitrogens with zero attached hydrogens (tertiary/aromatic N) is 3. The topological polar surface area (TPSA) is 38.1 Å². The smallest absolute Gasteiger partial charge is 0.0900 e. The lowest BCUT2D eigenvalue weighted by Gasteiger charge is -2.09. The predicted molar refractivity (Wildman–Crippen MR) is 112 cm³/mol. The van der Waals surface area contributed by atoms with Crippen molar-refractivity contribution in [2.45, 2.75) is 13.8 Å². The molecule has 130 valence electrons. The Bertz CT molecular complexity index is 885. The lowest BCUT2D eigenvalue weighted by Crippen LogP contribution is -2.02. The van der Waals surface area contributed by atoms with E-state index >= 15 is 0 Å². The van der Waals surface area contributed by atoms with Crippen LogP contribution in [0.15, 0.2) is 97.3 Å². The molecule has 0 spiro atoms. The average molecular weight is 341 g/mol. The van der Waals surface area contributed by atoms with E-state index in [-0.39, 0.29) is 0 Å². The fraction of sp³-hybridized carbons (Fsp3) is 0.0870. The van der Waals surface area contributed by atoms with E-state index in [4.69, 9.17) is 4.98 Å². The Kier molecular flexibility index (Phi) is 7.19. The van der Waals surface area contributed by atoms with Gasteiger partial charge in [0.25, 0.3) is 0 Å². The summed E-state index contributed by atoms with van der Waals surface area (Å²) in [4.78, 5) is 13.6. The lowest BCUT2D eigenvalue weighted by molar-refractivity contribution is 1.22. The zero-order valence-electron chi connectivity index (χ0n) is 15.3. The molecule has 0 atom stereocenters. The number of allylic oxidation sites excluding steroid dienone is 7. The molecule has 2 heterocycles. The molecule has 0 N–H and O–H groups in total. The lowest BCUT2D eigenvalue weighted by atomic mass is 10.0. The maximum absolute atomic E-state index is 4.75. The van der Waals surface area contributed by atoms with Crippen LogP contribution in [0.5, 0.6) is 0 Å². The Balaban J connectivity index is 2.63. The largest absolute Gasteiger partial charge is 0.259 e. The molecule has 2 aromatic rings. The van der Waals surface area contributed by atoms with Crippen molar-refractivity contribution in [2.24, 2.45) is 4.99 Å². The van der Waals surface area contributed by atoms with Crippen molar-refractivity contribution in [2.75, 3.05) is 0 Å². The van der Waals surface area contributed by atoms with Crippen LogP contribution in [0, 0.1) is 0 Å². The third-order valence-corrected chi connectivity index (χ3v) is 3.64. The SMILES string of the molecule is C=C/C=C\N=C(C)c1cc(/C(C=C)=C/C=C\C)cc(-c2ccccn2)n1. The molecule has 2 aromatic heterocycles. The molecule has 0 radical (unpaired) electrons. The van der Waals surface area contributed by atoms with Gasteiger partial charge in [-0.1, -0.05) is 49.6 Å². The molecule has 3 nitrogen and oxygen atoms in total. The highest BCUT2D eigenvalue weighted by atomic mass is 14.8. The van der Waals surface area contributed by atoms with E-state index in [1.807, 2.05) is 68.5 Å². The summed E-state index contributed by atoms with van der Waals surface area (Å²) in [5.41, 5.74) is 5.26. The van der Waals surface area contributed by atoms with E-state index in [0.29, 0.717) is 0 Å². The molecule has 0 saturated heterocycles. The normalized spacial score (nSPS) is 12.7. The highest BCUT2D eigenvalue weighted by Gasteiger charge is 2.09. The Labute approximate surface area is 155 Å². The first-order chi connectivity index (χ1) is 12.7. The number of hydrogen-bond acceptors (Lipinski definition) is 3. The van der Waals surface area contributed by atoms with Crippen molar-refractivity contribution in [3.05, 3.63) is 104 Å². The van der Waals surface area contributed by atoms with Crippen molar-refractivity contribution < 1.29 is 0 Å². The summed E-state index contributed by atoms with van der Waals surface area (Å²) in [6.07, 6.45) is 14.8. The molecule has 0 aromatic carbocycles. The van der Waals surface area contributed by atoms with Gasteiger partial charge < -0.3 is 0 Å². The molecule has 0 aliphatic carbocycles. The molecular weight excluding hydrogens is 318 g/mol. The van der Waals surface area contributed by atoms with Crippen molar-refractivity contribution in [1.29, 1.82) is 0 Å². The fourth-order valence-electron chi connectivity index (χ4n) is 2.29. The second-order valence-electron chi connectivity index (χ2n) is 5.48. The van der Waals surface area contributed by atoms with E-state index in [1.54, 1.807) is 24.5 Å². The van der Waals surface area contributed by atoms with Crippen LogP contribution in [0.3, 0.4) is 0 Å². The minimum absolute atomic E-state index is 0.796. The summed E-state index contributed by atoms with van der Waals surface area (Å²) in [7, 11) is 0. The van der Waals surface area contributed by atoms with Gasteiger partial charge in [-0.25, -0.2) is 4.98 Å². The van der Waals surface area contributed by atoms with Gasteiger partial charge in [0.2, 0.25) is 0 Å². The summed E-state index contributed by atoms with van der Waals surface area (Å²) in [5.74, 6) is 0. The van der Waals surface area contributed by atoms with Crippen LogP contribution in [-0.2, 0) is 0 Å². The first kappa shape index (κ1) is 19.0. The van der Waals surface area contributed by atoms with Crippen LogP contribution in [0.4, 0.5) is 0 Å². The van der Waals surface area contributed by atoms with E-state index in [1.165, 1.54) is 0 Å². The molecule has 0 saturated carbocycles. The maximum atomic E-state index is 4.75. The number of rotatable bonds is 7. The first-order valence-corrected chi connectivity index (χ1v) is 8.41. The van der Waals surface area contributed by atoms with Crippen LogP contribution in [-0.4, -0.2) is 15.7 Å². The van der Waals surface area contributed by atoms with Crippen LogP contribution < -0.4 is 0 Å². The summed E-state index contributed by atoms with van der Waals surface area (Å²) < 4.78 is 0. The molecular formula is C23H23N3. The third kappa shape index (κ3) is 5.08. The van der Waals surface area contributed by atoms with Gasteiger partial charge in [-0.2, -0.15) is 0 Å². The van der Waals surface area contributed by atoms with Gasteiger partial charge >= 0.3 is 0 Å². The average Bonchev–Trinajstić information content (AvgIpc) is 2.69. The zero-order valence-corrected chi connectivity index (χ0v) is 15.3. The molecule has 26 heavy (non-hydrogen) atoms. The minimum Gasteiger partial charge on any atom is -0.259 e. The molecule has 0 aliphatic rings. The standard InChI is InChI=1S/C23H23N3/c1-5-8-12-19(7-3)20-16-22(18(4)24-14-9-6-2)26-23(17-20)21-13-10-11-15-25-21/h5-17H,2-3H2,1,4H3/b8-5-,14-9-,19-12+,24-18?. The Morgan fingerprint density at radius 3 is 2.62 bits per heavy atom. The molecule has 2 rings (SSSR count). The highest BCUT2D eigenvalue weighted by molar-refractivity contribution is 5.98. The van der Waals surface area contributed by atoms with Gasteiger partial charge in [0.05, 0.1) is 22.8 Å². The van der Waals surface area contributed by atoms with Crippen molar-refractivity contribution in [3.63, 3.8) is 0 Å². The van der Waals surface area contributed by atoms with Crippen molar-refractivity contribution in [3.8, 4) is 11.4 Å². The second-order valence-corrected chi connectivity index (χ2v) is 5.48. The van der Waals surface area contributed by atoms with Gasteiger partial charge in [-0.05, 0) is 55.3 Å². The van der Waals surface area contributed by atoms with E-state index in [2.05, 4.69) is 23.1 Å². The minimum atomic E-state index is 0.796. The Hall–Kier alpha value is -3.33. The third-order valence-electron chi connectivity index (χ3n) is 3.64. The molecule has 0 bridgehead atoms. The highest BCUT2D eigenvalue weighted by Crippen LogP contribution is 2.23. The van der Waals surface area contributed by atoms with E-state index in [0.717, 1.165) is 33.9 Å². The molecule has 0 aliphatic heterocycles. The maximum Gasteiger partial charge on any atom is 0.0900 e. The van der Waals surface area contributed by atoms with Crippen molar-refractivity contribution in [1.82, 2.24) is 9.97 Å². The molecule has 0 amide bonds. The van der Waals surface area contributed by atoms with Crippen LogP contribution in [0.1, 0.15) is 25.1 Å². The zero-order chi connectivity index (χ0) is 18.8. The molecule has 0 unspecified atom stereocenters. The van der Waals surface area contributed by atoms with E-state index in [9.17, 15) is 0 Å². The van der Waals surface area contributed by atoms with Crippen molar-refractivity contribution >= 4 is 11.3 Å². The summed E-state index contributed by atoms with van der Waals surface area (Å²) >= 11 is 0. The van der Waals surface area contributed by atoms with Gasteiger partial charge in [0.15, 0.2) is 0 Å². The monoisotopic (exact) mass is 341 g/mol. The van der Waals surface area contributed by atoms with Crippen LogP contribution >= 0.6 is 0 Å². The first-order valence-electron chi connectivity index (χ1n) is 8.41. The van der Waals surface area contributed by atoms with Gasteiger partial charge in [-0.3, -0.25) is 9.98 Å². The number of aliphatic imine (C=N–C) groups is 1. The quantitative estimate of drug-likeness (QED) is 0.471. The Morgan fingerprint density at radius 1 is 1.12 bits per heavy atom. The van der Waals surface area contributed by atoms with Crippen LogP contribution in [0.2, 0.25) is 0 Å². The van der Waals surface area contributed by atoms with Gasteiger partial charge in [0, 0.05) is 12.4 Å². The number of aromatic nitrogens is 2.